The minimum absolute atomic E-state index is 0.0950. The van der Waals surface area contributed by atoms with Crippen LogP contribution in [-0.4, -0.2) is 21.0 Å². The van der Waals surface area contributed by atoms with E-state index in [9.17, 15) is 14.9 Å². The van der Waals surface area contributed by atoms with Crippen LogP contribution in [0.3, 0.4) is 0 Å². The number of hydrogen-bond acceptors (Lipinski definition) is 5. The fourth-order valence-electron chi connectivity index (χ4n) is 1.37. The molecule has 1 N–H and O–H groups in total. The number of nitro groups is 1. The lowest BCUT2D eigenvalue weighted by molar-refractivity contribution is -0.385. The molecule has 0 saturated carbocycles. The number of aromatic nitrogens is 1. The van der Waals surface area contributed by atoms with E-state index in [-0.39, 0.29) is 11.3 Å². The van der Waals surface area contributed by atoms with Crippen LogP contribution in [0.25, 0.3) is 0 Å². The first-order valence-electron chi connectivity index (χ1n) is 5.28. The number of rotatable bonds is 4. The number of nitrogens with zero attached hydrogens (tertiary/aromatic N) is 2. The summed E-state index contributed by atoms with van der Waals surface area (Å²) in [6, 6.07) is 7.67. The Hall–Kier alpha value is -1.93. The van der Waals surface area contributed by atoms with Crippen molar-refractivity contribution < 1.29 is 14.8 Å². The molecule has 0 atom stereocenters. The summed E-state index contributed by atoms with van der Waals surface area (Å²) in [6.45, 7) is 0. The molecule has 20 heavy (non-hydrogen) atoms. The van der Waals surface area contributed by atoms with E-state index in [0.717, 1.165) is 4.90 Å². The Balaban J connectivity index is 2.21. The van der Waals surface area contributed by atoms with Crippen molar-refractivity contribution >= 4 is 39.3 Å². The molecule has 0 unspecified atom stereocenters. The Labute approximate surface area is 126 Å². The van der Waals surface area contributed by atoms with Gasteiger partial charge < -0.3 is 5.11 Å². The van der Waals surface area contributed by atoms with Crippen molar-refractivity contribution in [3.05, 3.63) is 56.7 Å². The molecule has 0 aliphatic heterocycles. The van der Waals surface area contributed by atoms with Gasteiger partial charge in [0.05, 0.1) is 15.0 Å². The predicted molar refractivity (Wildman–Crippen MR) is 76.1 cm³/mol. The largest absolute Gasteiger partial charge is 0.478 e. The first kappa shape index (κ1) is 14.5. The number of aromatic carboxylic acids is 1. The average molecular weight is 355 g/mol. The van der Waals surface area contributed by atoms with Crippen LogP contribution < -0.4 is 0 Å². The first-order chi connectivity index (χ1) is 9.47. The Morgan fingerprint density at radius 2 is 2.00 bits per heavy atom. The zero-order chi connectivity index (χ0) is 14.7. The summed E-state index contributed by atoms with van der Waals surface area (Å²) in [5.74, 6) is -0.990. The van der Waals surface area contributed by atoms with E-state index in [1.807, 2.05) is 0 Å². The second-order valence-corrected chi connectivity index (χ2v) is 5.59. The van der Waals surface area contributed by atoms with Gasteiger partial charge in [-0.15, -0.1) is 0 Å². The van der Waals surface area contributed by atoms with Crippen LogP contribution >= 0.6 is 27.7 Å². The lowest BCUT2D eigenvalue weighted by Crippen LogP contribution is -1.95. The average Bonchev–Trinajstić information content (AvgIpc) is 2.41. The molecule has 1 aromatic carbocycles. The molecule has 0 amide bonds. The quantitative estimate of drug-likeness (QED) is 0.665. The van der Waals surface area contributed by atoms with Gasteiger partial charge in [-0.1, -0.05) is 11.8 Å². The molecule has 6 nitrogen and oxygen atoms in total. The van der Waals surface area contributed by atoms with Crippen LogP contribution in [-0.2, 0) is 0 Å². The van der Waals surface area contributed by atoms with Gasteiger partial charge in [-0.25, -0.2) is 9.78 Å². The third-order valence-corrected chi connectivity index (χ3v) is 4.21. The molecule has 0 saturated heterocycles. The summed E-state index contributed by atoms with van der Waals surface area (Å²) in [4.78, 5) is 25.6. The van der Waals surface area contributed by atoms with Gasteiger partial charge in [0.25, 0.3) is 5.69 Å². The van der Waals surface area contributed by atoms with E-state index in [1.54, 1.807) is 12.1 Å². The second kappa shape index (κ2) is 6.02. The second-order valence-electron chi connectivity index (χ2n) is 3.67. The van der Waals surface area contributed by atoms with Crippen molar-refractivity contribution in [2.24, 2.45) is 0 Å². The third-order valence-electron chi connectivity index (χ3n) is 2.32. The van der Waals surface area contributed by atoms with Crippen molar-refractivity contribution in [3.8, 4) is 0 Å². The topological polar surface area (TPSA) is 93.3 Å². The fraction of sp³-hybridized carbons (Fsp3) is 0. The third kappa shape index (κ3) is 3.34. The van der Waals surface area contributed by atoms with Gasteiger partial charge in [-0.2, -0.15) is 0 Å². The SMILES string of the molecule is O=C(O)c1ccc(Sc2ncc([N+](=O)[O-])cc2Br)cc1. The van der Waals surface area contributed by atoms with E-state index >= 15 is 0 Å². The number of hydrogen-bond donors (Lipinski definition) is 1. The van der Waals surface area contributed by atoms with Gasteiger partial charge in [0.2, 0.25) is 0 Å². The Bertz CT molecular complexity index is 676. The van der Waals surface area contributed by atoms with Crippen LogP contribution in [0.4, 0.5) is 5.69 Å². The molecular formula is C12H7BrN2O4S. The molecule has 1 aromatic heterocycles. The van der Waals surface area contributed by atoms with Gasteiger partial charge in [0, 0.05) is 11.0 Å². The summed E-state index contributed by atoms with van der Waals surface area (Å²) in [5.41, 5.74) is 0.104. The number of carbonyl (C=O) groups is 1. The normalized spacial score (nSPS) is 10.2. The number of carboxylic acids is 1. The van der Waals surface area contributed by atoms with Gasteiger partial charge >= 0.3 is 5.97 Å². The Kier molecular flexibility index (Phi) is 4.35. The minimum Gasteiger partial charge on any atom is -0.478 e. The predicted octanol–water partition coefficient (Wildman–Crippen LogP) is 3.60. The highest BCUT2D eigenvalue weighted by Crippen LogP contribution is 2.33. The standard InChI is InChI=1S/C12H7BrN2O4S/c13-10-5-8(15(18)19)6-14-11(10)20-9-3-1-7(2-4-9)12(16)17/h1-6H,(H,16,17). The number of benzene rings is 1. The van der Waals surface area contributed by atoms with Gasteiger partial charge in [-0.3, -0.25) is 10.1 Å². The van der Waals surface area contributed by atoms with Crippen LogP contribution in [0.5, 0.6) is 0 Å². The van der Waals surface area contributed by atoms with Crippen LogP contribution in [0.1, 0.15) is 10.4 Å². The van der Waals surface area contributed by atoms with Crippen molar-refractivity contribution in [2.45, 2.75) is 9.92 Å². The fourth-order valence-corrected chi connectivity index (χ4v) is 2.70. The summed E-state index contributed by atoms with van der Waals surface area (Å²) in [5, 5.41) is 20.0. The summed E-state index contributed by atoms with van der Waals surface area (Å²) in [7, 11) is 0. The molecule has 0 aliphatic carbocycles. The summed E-state index contributed by atoms with van der Waals surface area (Å²) in [6.07, 6.45) is 1.18. The van der Waals surface area contributed by atoms with E-state index in [0.29, 0.717) is 9.50 Å². The van der Waals surface area contributed by atoms with Crippen molar-refractivity contribution in [1.82, 2.24) is 4.98 Å². The lowest BCUT2D eigenvalue weighted by Gasteiger charge is -2.03. The summed E-state index contributed by atoms with van der Waals surface area (Å²) < 4.78 is 0.513. The maximum Gasteiger partial charge on any atom is 0.335 e. The lowest BCUT2D eigenvalue weighted by atomic mass is 10.2. The zero-order valence-electron chi connectivity index (χ0n) is 9.82. The van der Waals surface area contributed by atoms with Crippen molar-refractivity contribution in [2.75, 3.05) is 0 Å². The molecule has 1 heterocycles. The zero-order valence-corrected chi connectivity index (χ0v) is 12.2. The highest BCUT2D eigenvalue weighted by molar-refractivity contribution is 9.10. The van der Waals surface area contributed by atoms with Crippen LogP contribution in [0, 0.1) is 10.1 Å². The number of pyridine rings is 1. The highest BCUT2D eigenvalue weighted by atomic mass is 79.9. The van der Waals surface area contributed by atoms with E-state index in [4.69, 9.17) is 5.11 Å². The highest BCUT2D eigenvalue weighted by Gasteiger charge is 2.12. The maximum atomic E-state index is 10.7. The molecule has 0 bridgehead atoms. The molecule has 102 valence electrons. The maximum absolute atomic E-state index is 10.7. The Morgan fingerprint density at radius 3 is 2.50 bits per heavy atom. The van der Waals surface area contributed by atoms with Crippen LogP contribution in [0.2, 0.25) is 0 Å². The molecule has 0 fully saturated rings. The molecule has 8 heteroatoms. The molecule has 0 spiro atoms. The minimum atomic E-state index is -0.990. The van der Waals surface area contributed by atoms with Gasteiger partial charge in [0.15, 0.2) is 0 Å². The molecular weight excluding hydrogens is 348 g/mol. The molecule has 0 aliphatic rings. The molecule has 0 radical (unpaired) electrons. The smallest absolute Gasteiger partial charge is 0.335 e. The van der Waals surface area contributed by atoms with Gasteiger partial charge in [-0.05, 0) is 40.2 Å². The number of halogens is 1. The monoisotopic (exact) mass is 354 g/mol. The number of carboxylic acid groups (broad SMARTS) is 1. The summed E-state index contributed by atoms with van der Waals surface area (Å²) >= 11 is 4.51. The Morgan fingerprint density at radius 1 is 1.35 bits per heavy atom. The van der Waals surface area contributed by atoms with E-state index < -0.39 is 10.9 Å². The molecule has 2 aromatic rings. The van der Waals surface area contributed by atoms with Crippen molar-refractivity contribution in [1.29, 1.82) is 0 Å². The van der Waals surface area contributed by atoms with Gasteiger partial charge in [0.1, 0.15) is 11.2 Å². The van der Waals surface area contributed by atoms with Crippen molar-refractivity contribution in [3.63, 3.8) is 0 Å². The van der Waals surface area contributed by atoms with E-state index in [2.05, 4.69) is 20.9 Å². The first-order valence-corrected chi connectivity index (χ1v) is 6.89. The van der Waals surface area contributed by atoms with Crippen LogP contribution in [0.15, 0.2) is 50.9 Å². The molecule has 2 rings (SSSR count). The van der Waals surface area contributed by atoms with E-state index in [1.165, 1.54) is 36.2 Å².